The quantitative estimate of drug-likeness (QED) is 0.785. The molecule has 1 saturated heterocycles. The van der Waals surface area contributed by atoms with E-state index in [4.69, 9.17) is 4.84 Å². The van der Waals surface area contributed by atoms with Crippen LogP contribution in [0.5, 0.6) is 0 Å². The molecule has 0 unspecified atom stereocenters. The van der Waals surface area contributed by atoms with Gasteiger partial charge in [0.15, 0.2) is 0 Å². The van der Waals surface area contributed by atoms with Crippen LogP contribution in [0, 0.1) is 5.41 Å². The first-order chi connectivity index (χ1) is 10.6. The molecule has 1 rings (SSSR count). The normalized spacial score (nSPS) is 21.8. The van der Waals surface area contributed by atoms with Crippen molar-refractivity contribution in [3.63, 3.8) is 0 Å². The summed E-state index contributed by atoms with van der Waals surface area (Å²) in [7, 11) is 0. The van der Waals surface area contributed by atoms with Crippen LogP contribution >= 0.6 is 0 Å². The van der Waals surface area contributed by atoms with E-state index >= 15 is 0 Å². The molecule has 0 spiro atoms. The maximum absolute atomic E-state index is 13.4. The first-order valence-electron chi connectivity index (χ1n) is 8.98. The number of carbonyl (C=O) groups is 2. The molecular weight excluding hydrogens is 304 g/mol. The minimum absolute atomic E-state index is 0.0426. The summed E-state index contributed by atoms with van der Waals surface area (Å²) in [6.07, 6.45) is 1.19. The topological polar surface area (TPSA) is 49.9 Å². The molecule has 140 valence electrons. The average Bonchev–Trinajstić information content (AvgIpc) is 2.41. The monoisotopic (exact) mass is 340 g/mol. The van der Waals surface area contributed by atoms with E-state index < -0.39 is 16.5 Å². The minimum Gasteiger partial charge on any atom is -0.366 e. The standard InChI is InChI=1S/C19H36N2O3/c1-11-19(12-2)14(22)20(17(6,7)8)13-18(9,10)21(19)24-15(23)16(3,4)5/h11-13H2,1-10H3. The molecule has 0 N–H and O–H groups in total. The van der Waals surface area contributed by atoms with Gasteiger partial charge < -0.3 is 9.74 Å². The highest BCUT2D eigenvalue weighted by atomic mass is 16.7. The van der Waals surface area contributed by atoms with Gasteiger partial charge in [-0.3, -0.25) is 4.79 Å². The van der Waals surface area contributed by atoms with Crippen molar-refractivity contribution in [3.05, 3.63) is 0 Å². The van der Waals surface area contributed by atoms with Crippen LogP contribution in [0.4, 0.5) is 0 Å². The number of amides is 1. The van der Waals surface area contributed by atoms with E-state index in [0.29, 0.717) is 19.4 Å². The number of carbonyl (C=O) groups excluding carboxylic acids is 2. The summed E-state index contributed by atoms with van der Waals surface area (Å²) >= 11 is 0. The van der Waals surface area contributed by atoms with Crippen molar-refractivity contribution >= 4 is 11.9 Å². The van der Waals surface area contributed by atoms with Crippen LogP contribution in [0.15, 0.2) is 0 Å². The molecule has 0 aromatic heterocycles. The van der Waals surface area contributed by atoms with Gasteiger partial charge in [0.25, 0.3) is 0 Å². The fourth-order valence-electron chi connectivity index (χ4n) is 3.25. The lowest BCUT2D eigenvalue weighted by atomic mass is 9.80. The zero-order chi connectivity index (χ0) is 19.1. The van der Waals surface area contributed by atoms with E-state index in [1.807, 2.05) is 74.1 Å². The van der Waals surface area contributed by atoms with Crippen LogP contribution in [0.25, 0.3) is 0 Å². The highest BCUT2D eigenvalue weighted by Gasteiger charge is 2.58. The van der Waals surface area contributed by atoms with Crippen molar-refractivity contribution in [2.45, 2.75) is 98.7 Å². The summed E-state index contributed by atoms with van der Waals surface area (Å²) in [5, 5.41) is 1.69. The Kier molecular flexibility index (Phi) is 5.52. The number of hydrogen-bond donors (Lipinski definition) is 0. The zero-order valence-electron chi connectivity index (χ0n) is 17.2. The van der Waals surface area contributed by atoms with Crippen LogP contribution in [0.3, 0.4) is 0 Å². The maximum atomic E-state index is 13.4. The van der Waals surface area contributed by atoms with Crippen molar-refractivity contribution in [1.82, 2.24) is 9.96 Å². The fraction of sp³-hybridized carbons (Fsp3) is 0.895. The Balaban J connectivity index is 3.40. The van der Waals surface area contributed by atoms with Gasteiger partial charge in [0.1, 0.15) is 5.54 Å². The van der Waals surface area contributed by atoms with E-state index in [2.05, 4.69) is 0 Å². The van der Waals surface area contributed by atoms with Crippen LogP contribution in [-0.4, -0.2) is 45.0 Å². The zero-order valence-corrected chi connectivity index (χ0v) is 17.2. The Morgan fingerprint density at radius 1 is 1.08 bits per heavy atom. The fourth-order valence-corrected chi connectivity index (χ4v) is 3.25. The predicted octanol–water partition coefficient (Wildman–Crippen LogP) is 3.77. The van der Waals surface area contributed by atoms with Crippen LogP contribution in [-0.2, 0) is 14.4 Å². The number of hydroxylamine groups is 2. The SMILES string of the molecule is CCC1(CC)C(=O)N(C(C)(C)C)CC(C)(C)N1OC(=O)C(C)(C)C. The van der Waals surface area contributed by atoms with Crippen molar-refractivity contribution < 1.29 is 14.4 Å². The van der Waals surface area contributed by atoms with Crippen molar-refractivity contribution in [1.29, 1.82) is 0 Å². The minimum atomic E-state index is -0.823. The number of hydrogen-bond acceptors (Lipinski definition) is 4. The summed E-state index contributed by atoms with van der Waals surface area (Å²) in [4.78, 5) is 33.7. The molecule has 0 aromatic carbocycles. The van der Waals surface area contributed by atoms with Gasteiger partial charge in [-0.1, -0.05) is 13.8 Å². The maximum Gasteiger partial charge on any atom is 0.330 e. The molecule has 1 heterocycles. The summed E-state index contributed by atoms with van der Waals surface area (Å²) in [6.45, 7) is 20.2. The van der Waals surface area contributed by atoms with E-state index in [1.54, 1.807) is 5.06 Å². The molecule has 1 aliphatic heterocycles. The van der Waals surface area contributed by atoms with Crippen molar-refractivity contribution in [2.75, 3.05) is 6.54 Å². The molecule has 0 aromatic rings. The number of rotatable bonds is 3. The van der Waals surface area contributed by atoms with Gasteiger partial charge in [-0.25, -0.2) is 4.79 Å². The van der Waals surface area contributed by atoms with Gasteiger partial charge in [0.05, 0.1) is 11.0 Å². The van der Waals surface area contributed by atoms with Crippen LogP contribution in [0.2, 0.25) is 0 Å². The van der Waals surface area contributed by atoms with Gasteiger partial charge in [-0.05, 0) is 68.2 Å². The highest BCUT2D eigenvalue weighted by Crippen LogP contribution is 2.41. The molecule has 1 fully saturated rings. The Bertz CT molecular complexity index is 494. The number of nitrogens with zero attached hydrogens (tertiary/aromatic N) is 2. The molecule has 5 nitrogen and oxygen atoms in total. The van der Waals surface area contributed by atoms with Gasteiger partial charge in [-0.15, -0.1) is 5.06 Å². The summed E-state index contributed by atoms with van der Waals surface area (Å²) in [6, 6.07) is 0. The second-order valence-electron chi connectivity index (χ2n) is 9.54. The molecule has 0 radical (unpaired) electrons. The first kappa shape index (κ1) is 20.9. The van der Waals surface area contributed by atoms with E-state index in [-0.39, 0.29) is 17.4 Å². The third-order valence-electron chi connectivity index (χ3n) is 4.89. The van der Waals surface area contributed by atoms with E-state index in [0.717, 1.165) is 0 Å². The second kappa shape index (κ2) is 6.32. The molecule has 0 bridgehead atoms. The molecule has 1 aliphatic rings. The van der Waals surface area contributed by atoms with Crippen molar-refractivity contribution in [3.8, 4) is 0 Å². The van der Waals surface area contributed by atoms with Gasteiger partial charge >= 0.3 is 5.97 Å². The highest BCUT2D eigenvalue weighted by molar-refractivity contribution is 5.88. The van der Waals surface area contributed by atoms with E-state index in [1.165, 1.54) is 0 Å². The molecular formula is C19H36N2O3. The Hall–Kier alpha value is -1.10. The smallest absolute Gasteiger partial charge is 0.330 e. The van der Waals surface area contributed by atoms with Crippen LogP contribution < -0.4 is 0 Å². The van der Waals surface area contributed by atoms with Crippen molar-refractivity contribution in [2.24, 2.45) is 5.41 Å². The average molecular weight is 341 g/mol. The van der Waals surface area contributed by atoms with E-state index in [9.17, 15) is 9.59 Å². The van der Waals surface area contributed by atoms with Gasteiger partial charge in [-0.2, -0.15) is 0 Å². The number of piperazine rings is 1. The molecule has 0 saturated carbocycles. The Morgan fingerprint density at radius 3 is 1.88 bits per heavy atom. The Labute approximate surface area is 147 Å². The summed E-state index contributed by atoms with van der Waals surface area (Å²) in [5.74, 6) is -0.264. The lowest BCUT2D eigenvalue weighted by molar-refractivity contribution is -0.281. The van der Waals surface area contributed by atoms with Gasteiger partial charge in [0.2, 0.25) is 5.91 Å². The summed E-state index contributed by atoms with van der Waals surface area (Å²) in [5.41, 5.74) is -2.18. The lowest BCUT2D eigenvalue weighted by Gasteiger charge is -2.58. The second-order valence-corrected chi connectivity index (χ2v) is 9.54. The molecule has 1 amide bonds. The summed E-state index contributed by atoms with van der Waals surface area (Å²) < 4.78 is 0. The molecule has 5 heteroatoms. The lowest BCUT2D eigenvalue weighted by Crippen LogP contribution is -2.75. The Morgan fingerprint density at radius 2 is 1.54 bits per heavy atom. The van der Waals surface area contributed by atoms with Gasteiger partial charge in [0, 0.05) is 12.1 Å². The van der Waals surface area contributed by atoms with Crippen LogP contribution in [0.1, 0.15) is 82.1 Å². The molecule has 24 heavy (non-hydrogen) atoms. The first-order valence-corrected chi connectivity index (χ1v) is 8.98. The molecule has 0 atom stereocenters. The third-order valence-corrected chi connectivity index (χ3v) is 4.89. The molecule has 0 aliphatic carbocycles. The largest absolute Gasteiger partial charge is 0.366 e. The predicted molar refractivity (Wildman–Crippen MR) is 96.2 cm³/mol. The third kappa shape index (κ3) is 3.61.